The molecular weight excluding hydrogens is 248 g/mol. The topological polar surface area (TPSA) is 113 Å². The van der Waals surface area contributed by atoms with Crippen molar-refractivity contribution >= 4 is 11.9 Å². The van der Waals surface area contributed by atoms with Gasteiger partial charge in [-0.05, 0) is 12.5 Å². The van der Waals surface area contributed by atoms with Crippen molar-refractivity contribution in [2.45, 2.75) is 31.5 Å². The van der Waals surface area contributed by atoms with Crippen LogP contribution in [0.1, 0.15) is 25.0 Å². The Morgan fingerprint density at radius 3 is 2.42 bits per heavy atom. The van der Waals surface area contributed by atoms with Crippen LogP contribution in [0.15, 0.2) is 30.3 Å². The van der Waals surface area contributed by atoms with E-state index in [1.54, 1.807) is 31.2 Å². The van der Waals surface area contributed by atoms with Gasteiger partial charge in [0, 0.05) is 0 Å². The molecule has 1 aromatic carbocycles. The molecule has 0 bridgehead atoms. The Morgan fingerprint density at radius 1 is 1.32 bits per heavy atom. The zero-order chi connectivity index (χ0) is 14.4. The number of carbonyl (C=O) groups excluding carboxylic acids is 1. The van der Waals surface area contributed by atoms with E-state index < -0.39 is 36.5 Å². The summed E-state index contributed by atoms with van der Waals surface area (Å²) >= 11 is 0. The molecule has 0 fully saturated rings. The third-order valence-electron chi connectivity index (χ3n) is 2.72. The second kappa shape index (κ2) is 6.86. The third-order valence-corrected chi connectivity index (χ3v) is 2.72. The lowest BCUT2D eigenvalue weighted by Gasteiger charge is -2.22. The van der Waals surface area contributed by atoms with Crippen LogP contribution in [-0.2, 0) is 9.59 Å². The normalized spacial score (nSPS) is 15.3. The van der Waals surface area contributed by atoms with Gasteiger partial charge in [-0.2, -0.15) is 0 Å². The minimum absolute atomic E-state index is 0.444. The first-order valence-electron chi connectivity index (χ1n) is 5.92. The molecule has 0 aliphatic rings. The Labute approximate surface area is 111 Å². The Hall–Kier alpha value is -1.92. The number of aliphatic hydroxyl groups excluding tert-OH is 1. The summed E-state index contributed by atoms with van der Waals surface area (Å²) < 4.78 is 0. The maximum absolute atomic E-state index is 11.6. The number of amides is 1. The predicted octanol–water partition coefficient (Wildman–Crippen LogP) is 0.0267. The van der Waals surface area contributed by atoms with Gasteiger partial charge in [0.2, 0.25) is 5.91 Å². The minimum atomic E-state index is -1.14. The van der Waals surface area contributed by atoms with Gasteiger partial charge in [-0.15, -0.1) is 0 Å². The van der Waals surface area contributed by atoms with Gasteiger partial charge in [-0.1, -0.05) is 30.3 Å². The minimum Gasteiger partial charge on any atom is -0.481 e. The molecule has 0 spiro atoms. The molecule has 19 heavy (non-hydrogen) atoms. The molecule has 5 N–H and O–H groups in total. The van der Waals surface area contributed by atoms with Gasteiger partial charge < -0.3 is 21.3 Å². The van der Waals surface area contributed by atoms with Gasteiger partial charge in [0.1, 0.15) is 0 Å². The highest BCUT2D eigenvalue weighted by Crippen LogP contribution is 2.16. The maximum atomic E-state index is 11.6. The van der Waals surface area contributed by atoms with Crippen LogP contribution >= 0.6 is 0 Å². The summed E-state index contributed by atoms with van der Waals surface area (Å²) in [6.07, 6.45) is -1.32. The van der Waals surface area contributed by atoms with E-state index in [1.165, 1.54) is 0 Å². The predicted molar refractivity (Wildman–Crippen MR) is 69.2 cm³/mol. The van der Waals surface area contributed by atoms with Crippen LogP contribution in [0.2, 0.25) is 0 Å². The van der Waals surface area contributed by atoms with E-state index in [1.807, 2.05) is 6.07 Å². The quantitative estimate of drug-likeness (QED) is 0.580. The number of carboxylic acids is 1. The maximum Gasteiger partial charge on any atom is 0.305 e. The Kier molecular flexibility index (Phi) is 5.47. The van der Waals surface area contributed by atoms with Crippen molar-refractivity contribution in [2.75, 3.05) is 0 Å². The van der Waals surface area contributed by atoms with Crippen molar-refractivity contribution in [3.8, 4) is 0 Å². The Morgan fingerprint density at radius 2 is 1.89 bits per heavy atom. The van der Waals surface area contributed by atoms with Crippen molar-refractivity contribution < 1.29 is 19.8 Å². The van der Waals surface area contributed by atoms with E-state index >= 15 is 0 Å². The van der Waals surface area contributed by atoms with Gasteiger partial charge >= 0.3 is 5.97 Å². The number of hydrogen-bond acceptors (Lipinski definition) is 4. The fraction of sp³-hybridized carbons (Fsp3) is 0.385. The van der Waals surface area contributed by atoms with Crippen molar-refractivity contribution in [2.24, 2.45) is 5.73 Å². The summed E-state index contributed by atoms with van der Waals surface area (Å²) in [6, 6.07) is 7.18. The average Bonchev–Trinajstić information content (AvgIpc) is 2.37. The number of aliphatic carboxylic acids is 1. The number of carbonyl (C=O) groups is 2. The van der Waals surface area contributed by atoms with Crippen molar-refractivity contribution in [3.63, 3.8) is 0 Å². The average molecular weight is 266 g/mol. The lowest BCUT2D eigenvalue weighted by Crippen LogP contribution is -2.47. The van der Waals surface area contributed by atoms with Gasteiger partial charge in [0.05, 0.1) is 24.6 Å². The molecule has 6 heteroatoms. The van der Waals surface area contributed by atoms with Crippen LogP contribution in [0.25, 0.3) is 0 Å². The molecule has 0 aliphatic carbocycles. The van der Waals surface area contributed by atoms with Crippen LogP contribution in [0.4, 0.5) is 0 Å². The molecule has 0 aliphatic heterocycles. The lowest BCUT2D eigenvalue weighted by atomic mass is 10.0. The van der Waals surface area contributed by atoms with Gasteiger partial charge in [-0.3, -0.25) is 9.59 Å². The Balaban J connectivity index is 2.57. The zero-order valence-corrected chi connectivity index (χ0v) is 10.6. The molecule has 1 amide bonds. The smallest absolute Gasteiger partial charge is 0.305 e. The monoisotopic (exact) mass is 266 g/mol. The van der Waals surface area contributed by atoms with Crippen molar-refractivity contribution in [1.82, 2.24) is 5.32 Å². The number of benzene rings is 1. The number of rotatable bonds is 6. The first-order valence-corrected chi connectivity index (χ1v) is 5.92. The van der Waals surface area contributed by atoms with Crippen LogP contribution in [0, 0.1) is 0 Å². The SMILES string of the molecule is C[C@H](NC(=O)[C@H](N)CC(=O)O)[C@H](O)c1ccccc1. The fourth-order valence-electron chi connectivity index (χ4n) is 1.63. The summed E-state index contributed by atoms with van der Waals surface area (Å²) in [6.45, 7) is 1.63. The Bertz CT molecular complexity index is 436. The molecule has 0 radical (unpaired) electrons. The highest BCUT2D eigenvalue weighted by molar-refractivity contribution is 5.86. The molecule has 0 saturated carbocycles. The number of nitrogens with one attached hydrogen (secondary N) is 1. The summed E-state index contributed by atoms with van der Waals surface area (Å²) in [5, 5.41) is 21.1. The largest absolute Gasteiger partial charge is 0.481 e. The van der Waals surface area contributed by atoms with Crippen LogP contribution in [0.3, 0.4) is 0 Å². The molecule has 0 heterocycles. The second-order valence-electron chi connectivity index (χ2n) is 4.36. The zero-order valence-electron chi connectivity index (χ0n) is 10.6. The molecule has 0 aromatic heterocycles. The number of carboxylic acid groups (broad SMARTS) is 1. The highest BCUT2D eigenvalue weighted by Gasteiger charge is 2.22. The molecule has 0 saturated heterocycles. The lowest BCUT2D eigenvalue weighted by molar-refractivity contribution is -0.139. The van der Waals surface area contributed by atoms with Crippen LogP contribution in [-0.4, -0.2) is 34.2 Å². The molecule has 0 unspecified atom stereocenters. The first-order chi connectivity index (χ1) is 8.91. The highest BCUT2D eigenvalue weighted by atomic mass is 16.4. The molecule has 1 rings (SSSR count). The summed E-state index contributed by atoms with van der Waals surface area (Å²) in [4.78, 5) is 22.1. The standard InChI is InChI=1S/C13H18N2O4/c1-8(12(18)9-5-3-2-4-6-9)15-13(19)10(14)7-11(16)17/h2-6,8,10,12,18H,7,14H2,1H3,(H,15,19)(H,16,17)/t8-,10+,12-/m0/s1. The summed E-state index contributed by atoms with van der Waals surface area (Å²) in [5.74, 6) is -1.73. The molecule has 3 atom stereocenters. The van der Waals surface area contributed by atoms with E-state index in [4.69, 9.17) is 10.8 Å². The molecule has 6 nitrogen and oxygen atoms in total. The van der Waals surface area contributed by atoms with Crippen molar-refractivity contribution in [1.29, 1.82) is 0 Å². The van der Waals surface area contributed by atoms with E-state index in [-0.39, 0.29) is 0 Å². The molecular formula is C13H18N2O4. The van der Waals surface area contributed by atoms with E-state index in [2.05, 4.69) is 5.32 Å². The van der Waals surface area contributed by atoms with E-state index in [0.29, 0.717) is 5.56 Å². The third kappa shape index (κ3) is 4.69. The fourth-order valence-corrected chi connectivity index (χ4v) is 1.63. The first kappa shape index (κ1) is 15.1. The van der Waals surface area contributed by atoms with Crippen molar-refractivity contribution in [3.05, 3.63) is 35.9 Å². The van der Waals surface area contributed by atoms with E-state index in [0.717, 1.165) is 0 Å². The number of nitrogens with two attached hydrogens (primary N) is 1. The molecule has 1 aromatic rings. The van der Waals surface area contributed by atoms with Crippen LogP contribution in [0.5, 0.6) is 0 Å². The summed E-state index contributed by atoms with van der Waals surface area (Å²) in [5.41, 5.74) is 6.10. The van der Waals surface area contributed by atoms with Gasteiger partial charge in [-0.25, -0.2) is 0 Å². The van der Waals surface area contributed by atoms with Gasteiger partial charge in [0.25, 0.3) is 0 Å². The number of hydrogen-bond donors (Lipinski definition) is 4. The second-order valence-corrected chi connectivity index (χ2v) is 4.36. The van der Waals surface area contributed by atoms with Crippen LogP contribution < -0.4 is 11.1 Å². The van der Waals surface area contributed by atoms with E-state index in [9.17, 15) is 14.7 Å². The van der Waals surface area contributed by atoms with Gasteiger partial charge in [0.15, 0.2) is 0 Å². The number of aliphatic hydroxyl groups is 1. The summed E-state index contributed by atoms with van der Waals surface area (Å²) in [7, 11) is 0. The molecule has 104 valence electrons.